The Labute approximate surface area is 659 Å². The number of hydrogen-bond acceptors (Lipinski definition) is 26. The van der Waals surface area contributed by atoms with Crippen LogP contribution >= 0.6 is 0 Å². The third kappa shape index (κ3) is 119. The predicted octanol–water partition coefficient (Wildman–Crippen LogP) is 15.2. The van der Waals surface area contributed by atoms with Gasteiger partial charge in [0, 0.05) is 92.2 Å². The molecule has 104 heavy (non-hydrogen) atoms. The van der Waals surface area contributed by atoms with Crippen LogP contribution < -0.4 is 44.2 Å². The quantitative estimate of drug-likeness (QED) is 0.0207. The van der Waals surface area contributed by atoms with Crippen LogP contribution in [0.1, 0.15) is 244 Å². The van der Waals surface area contributed by atoms with Crippen molar-refractivity contribution in [2.24, 2.45) is 22.9 Å². The van der Waals surface area contributed by atoms with Gasteiger partial charge in [0.15, 0.2) is 0 Å². The molecule has 0 aromatic rings. The Kier molecular flexibility index (Phi) is 256. The van der Waals surface area contributed by atoms with E-state index in [4.69, 9.17) is 108 Å². The van der Waals surface area contributed by atoms with Gasteiger partial charge in [-0.2, -0.15) is 0 Å². The zero-order valence-electron chi connectivity index (χ0n) is 50.2. The highest BCUT2D eigenvalue weighted by atomic mass is 16.6. The van der Waals surface area contributed by atoms with E-state index in [1.54, 1.807) is 0 Å². The number of rotatable bonds is 71. The normalized spacial score (nSPS) is 11.0. The van der Waals surface area contributed by atoms with E-state index in [0.29, 0.717) is 231 Å². The molecule has 0 aromatic carbocycles. The zero-order valence-corrected chi connectivity index (χ0v) is 50.2. The van der Waals surface area contributed by atoms with Gasteiger partial charge in [0.05, 0.1) is 133 Å². The summed E-state index contributed by atoms with van der Waals surface area (Å²) in [5, 5.41) is 13.0. The average molecular weight is 1550 g/mol. The van der Waals surface area contributed by atoms with Crippen molar-refractivity contribution in [1.29, 1.82) is 0 Å². The van der Waals surface area contributed by atoms with Crippen molar-refractivity contribution < 1.29 is 85.3 Å². The molecule has 0 aromatic heterocycles. The van der Waals surface area contributed by atoms with Crippen LogP contribution in [-0.4, -0.2) is 288 Å². The van der Waals surface area contributed by atoms with Gasteiger partial charge in [0.1, 0.15) is 36.6 Å². The van der Waals surface area contributed by atoms with Gasteiger partial charge >= 0.3 is 0 Å². The van der Waals surface area contributed by atoms with Crippen molar-refractivity contribution in [3.05, 3.63) is 0 Å². The summed E-state index contributed by atoms with van der Waals surface area (Å²) in [7, 11) is 0. The molecule has 0 spiro atoms. The Morgan fingerprint density at radius 2 is 0.394 bits per heavy atom. The molecule has 0 fully saturated rings. The molecule has 674 valence electrons. The summed E-state index contributed by atoms with van der Waals surface area (Å²) in [6.07, 6.45) is 1.08. The topological polar surface area (TPSA) is 318 Å². The van der Waals surface area contributed by atoms with Gasteiger partial charge in [-0.05, 0) is 92.4 Å². The molecular weight excluding hydrogens is 1340 g/mol. The molecule has 0 aliphatic rings. The van der Waals surface area contributed by atoms with Crippen molar-refractivity contribution in [3.8, 4) is 0 Å². The highest BCUT2D eigenvalue weighted by Crippen LogP contribution is 2.17. The summed E-state index contributed by atoms with van der Waals surface area (Å²) in [4.78, 5) is 0. The Balaban J connectivity index is -0.000000113. The van der Waals surface area contributed by atoms with Gasteiger partial charge in [-0.25, -0.2) is 0 Å². The van der Waals surface area contributed by atoms with Crippen molar-refractivity contribution in [1.82, 2.24) is 21.3 Å². The highest BCUT2D eigenvalue weighted by Gasteiger charge is 2.35. The number of nitrogens with one attached hydrogen (secondary N) is 4. The maximum atomic E-state index is 6.64. The van der Waals surface area contributed by atoms with Crippen LogP contribution in [0.25, 0.3) is 0 Å². The van der Waals surface area contributed by atoms with E-state index in [-0.39, 0.29) is 211 Å². The fourth-order valence-electron chi connectivity index (χ4n) is 7.06. The van der Waals surface area contributed by atoms with E-state index in [2.05, 4.69) is 21.3 Å². The summed E-state index contributed by atoms with van der Waals surface area (Å²) in [6.45, 7) is 24.6. The molecule has 0 heterocycles. The minimum Gasteiger partial charge on any atom is -0.379 e. The lowest BCUT2D eigenvalue weighted by Crippen LogP contribution is -2.49. The van der Waals surface area contributed by atoms with Gasteiger partial charge in [-0.15, -0.1) is 0 Å². The van der Waals surface area contributed by atoms with Gasteiger partial charge in [0.25, 0.3) is 0 Å². The van der Waals surface area contributed by atoms with Gasteiger partial charge in [-0.3, -0.25) is 21.3 Å². The molecule has 0 bridgehead atoms. The van der Waals surface area contributed by atoms with Crippen molar-refractivity contribution in [2.45, 2.75) is 281 Å². The SMILES string of the molecule is C.C.C.C.C.C.C.C.C.C.C.C.C.C.C.C.C.C.C.C.C.C.C.C.CCOCNCCOCC(OCCNCOCC)C(OCCNCOCC)C(COCCCCOCC(OCCOCCCN)C(OCCOCCCN)C(COCCOCCCN)OCCOCCCN)OCCNCOCC. The smallest absolute Gasteiger partial charge is 0.114 e. The summed E-state index contributed by atoms with van der Waals surface area (Å²) in [5.74, 6) is 0. The van der Waals surface area contributed by atoms with E-state index in [1.807, 2.05) is 27.7 Å². The Bertz CT molecular complexity index is 1100. The molecule has 6 unspecified atom stereocenters. The van der Waals surface area contributed by atoms with Crippen LogP contribution in [0.15, 0.2) is 0 Å². The maximum absolute atomic E-state index is 6.64. The monoisotopic (exact) mass is 1550 g/mol. The van der Waals surface area contributed by atoms with Crippen LogP contribution in [-0.2, 0) is 85.3 Å². The molecule has 0 aliphatic carbocycles. The van der Waals surface area contributed by atoms with Crippen LogP contribution in [0.5, 0.6) is 0 Å². The van der Waals surface area contributed by atoms with Gasteiger partial charge in [0.2, 0.25) is 0 Å². The van der Waals surface area contributed by atoms with E-state index in [1.165, 1.54) is 0 Å². The number of nitrogens with two attached hydrogens (primary N) is 4. The maximum Gasteiger partial charge on any atom is 0.114 e. The first-order chi connectivity index (χ1) is 39.6. The molecule has 0 aliphatic heterocycles. The fraction of sp³-hybridized carbons (Fsp3) is 1.00. The molecule has 0 amide bonds. The molecule has 6 atom stereocenters. The first kappa shape index (κ1) is 176. The minimum absolute atomic E-state index is 0. The molecule has 12 N–H and O–H groups in total. The van der Waals surface area contributed by atoms with E-state index in [0.717, 1.165) is 25.7 Å². The molecule has 26 nitrogen and oxygen atoms in total. The second kappa shape index (κ2) is 151. The van der Waals surface area contributed by atoms with Crippen LogP contribution in [0.3, 0.4) is 0 Å². The van der Waals surface area contributed by atoms with E-state index < -0.39 is 36.6 Å². The molecule has 0 rings (SSSR count). The molecule has 0 saturated carbocycles. The van der Waals surface area contributed by atoms with Gasteiger partial charge in [-0.1, -0.05) is 178 Å². The summed E-state index contributed by atoms with van der Waals surface area (Å²) in [6, 6.07) is 0. The molecule has 0 saturated heterocycles. The van der Waals surface area contributed by atoms with Gasteiger partial charge < -0.3 is 108 Å². The Morgan fingerprint density at radius 3 is 0.663 bits per heavy atom. The number of unbranched alkanes of at least 4 members (excludes halogenated alkanes) is 1. The number of ether oxygens (including phenoxy) is 18. The largest absolute Gasteiger partial charge is 0.379 e. The van der Waals surface area contributed by atoms with E-state index >= 15 is 0 Å². The lowest BCUT2D eigenvalue weighted by Gasteiger charge is -2.34. The average Bonchev–Trinajstić information content (AvgIpc) is 0.882. The number of hydrogen-bond donors (Lipinski definition) is 8. The summed E-state index contributed by atoms with van der Waals surface area (Å²) < 4.78 is 110. The van der Waals surface area contributed by atoms with Crippen molar-refractivity contribution >= 4 is 0 Å². The fourth-order valence-corrected chi connectivity index (χ4v) is 7.06. The van der Waals surface area contributed by atoms with Crippen molar-refractivity contribution in [3.63, 3.8) is 0 Å². The van der Waals surface area contributed by atoms with Crippen LogP contribution in [0.4, 0.5) is 0 Å². The Morgan fingerprint density at radius 1 is 0.202 bits per heavy atom. The first-order valence-electron chi connectivity index (χ1n) is 29.8. The molecular formula is C78H214N8O18. The second-order valence-corrected chi connectivity index (χ2v) is 17.9. The lowest BCUT2D eigenvalue weighted by molar-refractivity contribution is -0.180. The summed E-state index contributed by atoms with van der Waals surface area (Å²) in [5.41, 5.74) is 22.8. The van der Waals surface area contributed by atoms with Crippen molar-refractivity contribution in [2.75, 3.05) is 251 Å². The highest BCUT2D eigenvalue weighted by molar-refractivity contribution is 4.83. The van der Waals surface area contributed by atoms with Crippen LogP contribution in [0, 0.1) is 0 Å². The lowest BCUT2D eigenvalue weighted by atomic mass is 10.1. The van der Waals surface area contributed by atoms with E-state index in [9.17, 15) is 0 Å². The Hall–Kier alpha value is -1.04. The third-order valence-corrected chi connectivity index (χ3v) is 11.3. The third-order valence-electron chi connectivity index (χ3n) is 11.3. The van der Waals surface area contributed by atoms with Crippen LogP contribution in [0.2, 0.25) is 0 Å². The zero-order chi connectivity index (χ0) is 58.1. The summed E-state index contributed by atoms with van der Waals surface area (Å²) >= 11 is 0. The first-order valence-corrected chi connectivity index (χ1v) is 29.8. The minimum atomic E-state index is -0.619. The standard InChI is InChI=1S/C54H118N8O18.24CH4/c1-5-63-45-59-19-29-73-43-50(76-31-21-61-47-65-7-3)53(79-32-22-62-48-66-8-4)49(75-30-20-60-46-64-6-2)41-71-23-9-10-24-72-42-51(77-38-35-68-26-12-16-56)54(80-40-37-70-28-14-18-58)52(78-39-36-69-27-13-17-57)44-74-34-33-67-25-11-15-55;;;;;;;;;;;;;;;;;;;;;;;;/h49-54,59-62H,5-48,55-58H2,1-4H3;24*1H4. The predicted molar refractivity (Wildman–Crippen MR) is 468 cm³/mol. The molecule has 26 heteroatoms. The second-order valence-electron chi connectivity index (χ2n) is 17.9. The molecule has 0 radical (unpaired) electrons.